The van der Waals surface area contributed by atoms with Crippen LogP contribution in [0.15, 0.2) is 66.9 Å². The van der Waals surface area contributed by atoms with Crippen LogP contribution >= 0.6 is 11.6 Å². The van der Waals surface area contributed by atoms with Gasteiger partial charge < -0.3 is 5.32 Å². The van der Waals surface area contributed by atoms with E-state index in [4.69, 9.17) is 11.6 Å². The van der Waals surface area contributed by atoms with Crippen molar-refractivity contribution in [2.24, 2.45) is 0 Å². The van der Waals surface area contributed by atoms with Gasteiger partial charge in [0.2, 0.25) is 0 Å². The van der Waals surface area contributed by atoms with E-state index in [9.17, 15) is 4.39 Å². The second kappa shape index (κ2) is 6.58. The fourth-order valence-corrected chi connectivity index (χ4v) is 3.28. The van der Waals surface area contributed by atoms with E-state index in [0.717, 1.165) is 22.0 Å². The average molecular weight is 390 g/mol. The number of rotatable bonds is 3. The number of anilines is 2. The Morgan fingerprint density at radius 3 is 2.79 bits per heavy atom. The number of H-pyrrole nitrogens is 1. The van der Waals surface area contributed by atoms with Crippen molar-refractivity contribution in [3.05, 3.63) is 77.7 Å². The molecule has 2 N–H and O–H groups in total. The van der Waals surface area contributed by atoms with Crippen LogP contribution in [0.2, 0.25) is 5.02 Å². The molecule has 0 bridgehead atoms. The molecule has 0 amide bonds. The molecule has 0 saturated heterocycles. The van der Waals surface area contributed by atoms with Crippen LogP contribution in [-0.4, -0.2) is 20.2 Å². The molecule has 0 aliphatic rings. The van der Waals surface area contributed by atoms with Crippen molar-refractivity contribution in [1.29, 1.82) is 0 Å². The second-order valence-corrected chi connectivity index (χ2v) is 6.80. The lowest BCUT2D eigenvalue weighted by Gasteiger charge is -2.11. The fourth-order valence-electron chi connectivity index (χ4n) is 3.11. The molecule has 0 saturated carbocycles. The van der Waals surface area contributed by atoms with Crippen molar-refractivity contribution in [1.82, 2.24) is 20.2 Å². The molecular weight excluding hydrogens is 377 g/mol. The van der Waals surface area contributed by atoms with Crippen LogP contribution in [0.1, 0.15) is 0 Å². The van der Waals surface area contributed by atoms with Crippen molar-refractivity contribution in [2.45, 2.75) is 0 Å². The van der Waals surface area contributed by atoms with Gasteiger partial charge in [-0.15, -0.1) is 0 Å². The molecule has 0 atom stereocenters. The van der Waals surface area contributed by atoms with Gasteiger partial charge in [-0.1, -0.05) is 23.7 Å². The molecule has 0 aliphatic carbocycles. The molecular formula is C21H13ClFN5. The second-order valence-electron chi connectivity index (χ2n) is 6.36. The molecule has 136 valence electrons. The molecule has 0 spiro atoms. The van der Waals surface area contributed by atoms with Crippen LogP contribution in [0.5, 0.6) is 0 Å². The zero-order valence-corrected chi connectivity index (χ0v) is 15.2. The van der Waals surface area contributed by atoms with E-state index in [0.29, 0.717) is 27.7 Å². The third-order valence-corrected chi connectivity index (χ3v) is 4.68. The summed E-state index contributed by atoms with van der Waals surface area (Å²) in [4.78, 5) is 9.22. The Balaban J connectivity index is 1.67. The summed E-state index contributed by atoms with van der Waals surface area (Å²) < 4.78 is 13.7. The Bertz CT molecular complexity index is 1330. The van der Waals surface area contributed by atoms with Gasteiger partial charge in [0.25, 0.3) is 0 Å². The Morgan fingerprint density at radius 1 is 0.964 bits per heavy atom. The first-order valence-electron chi connectivity index (χ1n) is 8.59. The molecule has 0 radical (unpaired) electrons. The number of benzene rings is 3. The molecule has 5 aromatic rings. The highest BCUT2D eigenvalue weighted by atomic mass is 35.5. The number of aromatic nitrogens is 4. The van der Waals surface area contributed by atoms with Gasteiger partial charge in [0.05, 0.1) is 17.2 Å². The summed E-state index contributed by atoms with van der Waals surface area (Å²) in [6.45, 7) is 0. The first-order valence-corrected chi connectivity index (χ1v) is 8.97. The van der Waals surface area contributed by atoms with Crippen LogP contribution < -0.4 is 5.32 Å². The Morgan fingerprint density at radius 2 is 1.89 bits per heavy atom. The summed E-state index contributed by atoms with van der Waals surface area (Å²) in [6, 6.07) is 17.5. The SMILES string of the molecule is Fc1cccc(-c2nc(Nc3ccc4[nH]ncc4c3)c3ccc(Cl)cc3n2)c1. The molecule has 2 aromatic heterocycles. The predicted molar refractivity (Wildman–Crippen MR) is 109 cm³/mol. The highest BCUT2D eigenvalue weighted by molar-refractivity contribution is 6.31. The van der Waals surface area contributed by atoms with Crippen molar-refractivity contribution in [2.75, 3.05) is 5.32 Å². The molecule has 2 heterocycles. The number of nitrogens with zero attached hydrogens (tertiary/aromatic N) is 3. The minimum absolute atomic E-state index is 0.341. The third-order valence-electron chi connectivity index (χ3n) is 4.44. The normalized spacial score (nSPS) is 11.2. The minimum Gasteiger partial charge on any atom is -0.340 e. The lowest BCUT2D eigenvalue weighted by atomic mass is 10.1. The summed E-state index contributed by atoms with van der Waals surface area (Å²) in [5.41, 5.74) is 3.07. The fraction of sp³-hybridized carbons (Fsp3) is 0. The van der Waals surface area contributed by atoms with Crippen LogP contribution in [0.3, 0.4) is 0 Å². The Hall–Kier alpha value is -3.51. The number of nitrogens with one attached hydrogen (secondary N) is 2. The highest BCUT2D eigenvalue weighted by Crippen LogP contribution is 2.30. The van der Waals surface area contributed by atoms with Crippen molar-refractivity contribution >= 4 is 44.9 Å². The topological polar surface area (TPSA) is 66.5 Å². The van der Waals surface area contributed by atoms with E-state index >= 15 is 0 Å². The highest BCUT2D eigenvalue weighted by Gasteiger charge is 2.11. The number of hydrogen-bond acceptors (Lipinski definition) is 4. The maximum Gasteiger partial charge on any atom is 0.162 e. The summed E-state index contributed by atoms with van der Waals surface area (Å²) in [5, 5.41) is 12.7. The molecule has 0 fully saturated rings. The number of aromatic amines is 1. The monoisotopic (exact) mass is 389 g/mol. The third kappa shape index (κ3) is 3.04. The summed E-state index contributed by atoms with van der Waals surface area (Å²) >= 11 is 6.16. The van der Waals surface area contributed by atoms with Gasteiger partial charge in [-0.25, -0.2) is 14.4 Å². The minimum atomic E-state index is -0.341. The van der Waals surface area contributed by atoms with E-state index < -0.39 is 0 Å². The van der Waals surface area contributed by atoms with Gasteiger partial charge in [0.1, 0.15) is 11.6 Å². The molecule has 0 unspecified atom stereocenters. The van der Waals surface area contributed by atoms with E-state index in [-0.39, 0.29) is 5.82 Å². The quantitative estimate of drug-likeness (QED) is 0.415. The van der Waals surface area contributed by atoms with Gasteiger partial charge in [0.15, 0.2) is 5.82 Å². The maximum atomic E-state index is 13.7. The van der Waals surface area contributed by atoms with Crippen LogP contribution in [0, 0.1) is 5.82 Å². The van der Waals surface area contributed by atoms with Crippen molar-refractivity contribution < 1.29 is 4.39 Å². The Labute approximate surface area is 164 Å². The van der Waals surface area contributed by atoms with Crippen LogP contribution in [0.4, 0.5) is 15.9 Å². The smallest absolute Gasteiger partial charge is 0.162 e. The summed E-state index contributed by atoms with van der Waals surface area (Å²) in [6.07, 6.45) is 1.76. The molecule has 7 heteroatoms. The average Bonchev–Trinajstić information content (AvgIpc) is 3.15. The predicted octanol–water partition coefficient (Wildman–Crippen LogP) is 5.71. The molecule has 0 aliphatic heterocycles. The zero-order chi connectivity index (χ0) is 19.1. The molecule has 3 aromatic carbocycles. The van der Waals surface area contributed by atoms with Gasteiger partial charge in [-0.2, -0.15) is 5.10 Å². The Kier molecular flexibility index (Phi) is 3.91. The van der Waals surface area contributed by atoms with E-state index in [2.05, 4.69) is 25.5 Å². The van der Waals surface area contributed by atoms with Gasteiger partial charge in [-0.3, -0.25) is 5.10 Å². The summed E-state index contributed by atoms with van der Waals surface area (Å²) in [5.74, 6) is 0.692. The van der Waals surface area contributed by atoms with Gasteiger partial charge in [-0.05, 0) is 48.5 Å². The largest absolute Gasteiger partial charge is 0.340 e. The van der Waals surface area contributed by atoms with Crippen LogP contribution in [-0.2, 0) is 0 Å². The lowest BCUT2D eigenvalue weighted by molar-refractivity contribution is 0.628. The van der Waals surface area contributed by atoms with Gasteiger partial charge >= 0.3 is 0 Å². The first-order chi connectivity index (χ1) is 13.7. The van der Waals surface area contributed by atoms with Gasteiger partial charge in [0, 0.05) is 27.0 Å². The molecule has 5 nitrogen and oxygen atoms in total. The summed E-state index contributed by atoms with van der Waals surface area (Å²) in [7, 11) is 0. The van der Waals surface area contributed by atoms with E-state index in [1.807, 2.05) is 24.3 Å². The molecule has 28 heavy (non-hydrogen) atoms. The number of hydrogen-bond donors (Lipinski definition) is 2. The van der Waals surface area contributed by atoms with E-state index in [1.165, 1.54) is 12.1 Å². The van der Waals surface area contributed by atoms with Crippen molar-refractivity contribution in [3.8, 4) is 11.4 Å². The maximum absolute atomic E-state index is 13.7. The van der Waals surface area contributed by atoms with Crippen molar-refractivity contribution in [3.63, 3.8) is 0 Å². The lowest BCUT2D eigenvalue weighted by Crippen LogP contribution is -1.99. The van der Waals surface area contributed by atoms with E-state index in [1.54, 1.807) is 30.5 Å². The first kappa shape index (κ1) is 16.6. The number of halogens is 2. The molecule has 5 rings (SSSR count). The number of fused-ring (bicyclic) bond motifs is 2. The standard InChI is InChI=1S/C21H13ClFN5/c22-14-4-6-17-19(10-14)26-20(12-2-1-3-15(23)8-12)27-21(17)25-16-5-7-18-13(9-16)11-24-28-18/h1-11H,(H,24,28)(H,25,26,27). The van der Waals surface area contributed by atoms with Crippen LogP contribution in [0.25, 0.3) is 33.2 Å². The zero-order valence-electron chi connectivity index (χ0n) is 14.4.